The summed E-state index contributed by atoms with van der Waals surface area (Å²) in [6.45, 7) is 3.85. The minimum atomic E-state index is -4.36. The van der Waals surface area contributed by atoms with Gasteiger partial charge in [0.15, 0.2) is 5.13 Å². The molecule has 1 saturated heterocycles. The molecular formula is C16H18F3N3S. The van der Waals surface area contributed by atoms with Gasteiger partial charge in [0.2, 0.25) is 0 Å². The van der Waals surface area contributed by atoms with E-state index >= 15 is 0 Å². The number of alkyl halides is 3. The lowest BCUT2D eigenvalue weighted by Gasteiger charge is -2.20. The molecule has 1 aliphatic rings. The van der Waals surface area contributed by atoms with Crippen LogP contribution in [0.15, 0.2) is 24.3 Å². The maximum absolute atomic E-state index is 12.9. The fraction of sp³-hybridized carbons (Fsp3) is 0.438. The summed E-state index contributed by atoms with van der Waals surface area (Å²) in [5.74, 6) is 0. The van der Waals surface area contributed by atoms with Crippen molar-refractivity contribution in [3.05, 3.63) is 34.7 Å². The van der Waals surface area contributed by atoms with Crippen molar-refractivity contribution in [3.63, 3.8) is 0 Å². The van der Waals surface area contributed by atoms with Gasteiger partial charge >= 0.3 is 6.18 Å². The number of aromatic nitrogens is 1. The lowest BCUT2D eigenvalue weighted by molar-refractivity contribution is -0.137. The molecule has 3 nitrogen and oxygen atoms in total. The molecule has 7 heteroatoms. The van der Waals surface area contributed by atoms with Gasteiger partial charge in [-0.15, -0.1) is 11.3 Å². The zero-order valence-electron chi connectivity index (χ0n) is 12.7. The Kier molecular flexibility index (Phi) is 4.33. The lowest BCUT2D eigenvalue weighted by atomic mass is 10.1. The first-order valence-electron chi connectivity index (χ1n) is 7.51. The smallest absolute Gasteiger partial charge is 0.375 e. The third-order valence-corrected chi connectivity index (χ3v) is 5.08. The molecule has 0 saturated carbocycles. The van der Waals surface area contributed by atoms with Gasteiger partial charge in [-0.05, 0) is 38.4 Å². The maximum atomic E-state index is 12.9. The van der Waals surface area contributed by atoms with E-state index in [2.05, 4.69) is 16.8 Å². The summed E-state index contributed by atoms with van der Waals surface area (Å²) in [6.07, 6.45) is -2.07. The SMILES string of the molecule is C[C@@H]1CCCN1Cc1sc(N)nc1-c1cccc(C(F)(F)F)c1. The number of thiazole rings is 1. The van der Waals surface area contributed by atoms with Crippen LogP contribution in [0.5, 0.6) is 0 Å². The van der Waals surface area contributed by atoms with Crippen LogP contribution in [-0.4, -0.2) is 22.5 Å². The fourth-order valence-electron chi connectivity index (χ4n) is 2.96. The van der Waals surface area contributed by atoms with Crippen molar-refractivity contribution in [1.29, 1.82) is 0 Å². The third-order valence-electron chi connectivity index (χ3n) is 4.21. The van der Waals surface area contributed by atoms with Crippen LogP contribution < -0.4 is 5.73 Å². The summed E-state index contributed by atoms with van der Waals surface area (Å²) < 4.78 is 38.8. The van der Waals surface area contributed by atoms with Gasteiger partial charge in [-0.25, -0.2) is 4.98 Å². The average molecular weight is 341 g/mol. The van der Waals surface area contributed by atoms with Crippen molar-refractivity contribution in [2.24, 2.45) is 0 Å². The van der Waals surface area contributed by atoms with Crippen molar-refractivity contribution < 1.29 is 13.2 Å². The highest BCUT2D eigenvalue weighted by molar-refractivity contribution is 7.15. The second kappa shape index (κ2) is 6.13. The van der Waals surface area contributed by atoms with E-state index in [4.69, 9.17) is 5.73 Å². The van der Waals surface area contributed by atoms with Crippen LogP contribution >= 0.6 is 11.3 Å². The van der Waals surface area contributed by atoms with E-state index < -0.39 is 11.7 Å². The third kappa shape index (κ3) is 3.50. The van der Waals surface area contributed by atoms with Crippen LogP contribution in [0.2, 0.25) is 0 Å². The molecule has 0 unspecified atom stereocenters. The largest absolute Gasteiger partial charge is 0.416 e. The molecule has 0 spiro atoms. The van der Waals surface area contributed by atoms with E-state index in [9.17, 15) is 13.2 Å². The van der Waals surface area contributed by atoms with Crippen molar-refractivity contribution in [2.75, 3.05) is 12.3 Å². The van der Waals surface area contributed by atoms with Crippen molar-refractivity contribution in [2.45, 2.75) is 38.5 Å². The van der Waals surface area contributed by atoms with Crippen LogP contribution in [0.4, 0.5) is 18.3 Å². The van der Waals surface area contributed by atoms with Crippen molar-refractivity contribution in [1.82, 2.24) is 9.88 Å². The molecule has 1 aromatic carbocycles. The number of nitrogens with zero attached hydrogens (tertiary/aromatic N) is 2. The number of hydrogen-bond donors (Lipinski definition) is 1. The summed E-state index contributed by atoms with van der Waals surface area (Å²) in [4.78, 5) is 7.52. The lowest BCUT2D eigenvalue weighted by Crippen LogP contribution is -2.25. The topological polar surface area (TPSA) is 42.1 Å². The minimum Gasteiger partial charge on any atom is -0.375 e. The van der Waals surface area contributed by atoms with Gasteiger partial charge in [-0.1, -0.05) is 12.1 Å². The molecular weight excluding hydrogens is 323 g/mol. The van der Waals surface area contributed by atoms with E-state index in [0.29, 0.717) is 29.0 Å². The molecule has 1 aliphatic heterocycles. The molecule has 0 bridgehead atoms. The summed E-state index contributed by atoms with van der Waals surface area (Å²) in [6, 6.07) is 5.76. The molecule has 2 aromatic rings. The fourth-order valence-corrected chi connectivity index (χ4v) is 3.84. The molecule has 2 heterocycles. The van der Waals surface area contributed by atoms with Gasteiger partial charge in [0, 0.05) is 23.0 Å². The minimum absolute atomic E-state index is 0.388. The van der Waals surface area contributed by atoms with E-state index in [1.54, 1.807) is 6.07 Å². The number of hydrogen-bond acceptors (Lipinski definition) is 4. The zero-order valence-corrected chi connectivity index (χ0v) is 13.5. The van der Waals surface area contributed by atoms with Gasteiger partial charge in [-0.3, -0.25) is 4.90 Å². The van der Waals surface area contributed by atoms with Crippen LogP contribution in [0.1, 0.15) is 30.2 Å². The molecule has 3 rings (SSSR count). The second-order valence-corrected chi connectivity index (χ2v) is 6.98. The molecule has 1 aromatic heterocycles. The highest BCUT2D eigenvalue weighted by Crippen LogP contribution is 2.36. The molecule has 124 valence electrons. The summed E-state index contributed by atoms with van der Waals surface area (Å²) >= 11 is 1.36. The number of anilines is 1. The summed E-state index contributed by atoms with van der Waals surface area (Å²) in [5, 5.41) is 0.388. The second-order valence-electron chi connectivity index (χ2n) is 5.86. The van der Waals surface area contributed by atoms with E-state index in [1.807, 2.05) is 0 Å². The predicted molar refractivity (Wildman–Crippen MR) is 86.1 cm³/mol. The van der Waals surface area contributed by atoms with E-state index in [0.717, 1.165) is 36.4 Å². The first kappa shape index (κ1) is 16.3. The Morgan fingerprint density at radius 3 is 2.83 bits per heavy atom. The number of benzene rings is 1. The molecule has 0 aliphatic carbocycles. The number of nitrogens with two attached hydrogens (primary N) is 1. The van der Waals surface area contributed by atoms with E-state index in [-0.39, 0.29) is 0 Å². The van der Waals surface area contributed by atoms with Crippen LogP contribution in [0.3, 0.4) is 0 Å². The normalized spacial score (nSPS) is 19.4. The van der Waals surface area contributed by atoms with Gasteiger partial charge in [-0.2, -0.15) is 13.2 Å². The van der Waals surface area contributed by atoms with Crippen LogP contribution in [-0.2, 0) is 12.7 Å². The van der Waals surface area contributed by atoms with Gasteiger partial charge in [0.1, 0.15) is 0 Å². The number of nitrogen functional groups attached to an aromatic ring is 1. The van der Waals surface area contributed by atoms with Gasteiger partial charge in [0.25, 0.3) is 0 Å². The Morgan fingerprint density at radius 1 is 1.39 bits per heavy atom. The van der Waals surface area contributed by atoms with Crippen LogP contribution in [0.25, 0.3) is 11.3 Å². The highest BCUT2D eigenvalue weighted by Gasteiger charge is 2.31. The Hall–Kier alpha value is -1.60. The van der Waals surface area contributed by atoms with Gasteiger partial charge < -0.3 is 5.73 Å². The summed E-state index contributed by atoms with van der Waals surface area (Å²) in [5.41, 5.74) is 6.19. The quantitative estimate of drug-likeness (QED) is 0.900. The number of rotatable bonds is 3. The molecule has 2 N–H and O–H groups in total. The van der Waals surface area contributed by atoms with Crippen molar-refractivity contribution in [3.8, 4) is 11.3 Å². The first-order chi connectivity index (χ1) is 10.8. The summed E-state index contributed by atoms with van der Waals surface area (Å²) in [7, 11) is 0. The van der Waals surface area contributed by atoms with E-state index in [1.165, 1.54) is 17.4 Å². The monoisotopic (exact) mass is 341 g/mol. The standard InChI is InChI=1S/C16H18F3N3S/c1-10-4-3-7-22(10)9-13-14(21-15(20)23-13)11-5-2-6-12(8-11)16(17,18)19/h2,5-6,8,10H,3-4,7,9H2,1H3,(H2,20,21)/t10-/m1/s1. The molecule has 0 amide bonds. The average Bonchev–Trinajstić information content (AvgIpc) is 3.05. The van der Waals surface area contributed by atoms with Crippen molar-refractivity contribution >= 4 is 16.5 Å². The molecule has 1 fully saturated rings. The Morgan fingerprint density at radius 2 is 2.17 bits per heavy atom. The maximum Gasteiger partial charge on any atom is 0.416 e. The van der Waals surface area contributed by atoms with Gasteiger partial charge in [0.05, 0.1) is 11.3 Å². The zero-order chi connectivity index (χ0) is 16.6. The Balaban J connectivity index is 1.94. The molecule has 0 radical (unpaired) electrons. The highest BCUT2D eigenvalue weighted by atomic mass is 32.1. The molecule has 23 heavy (non-hydrogen) atoms. The Labute approximate surface area is 136 Å². The van der Waals surface area contributed by atoms with Crippen LogP contribution in [0, 0.1) is 0 Å². The predicted octanol–water partition coefficient (Wildman–Crippen LogP) is 4.40. The number of halogens is 3. The Bertz CT molecular complexity index is 696. The number of likely N-dealkylation sites (tertiary alicyclic amines) is 1. The molecule has 1 atom stereocenters. The first-order valence-corrected chi connectivity index (χ1v) is 8.33.